The minimum atomic E-state index is -0.396. The van der Waals surface area contributed by atoms with Gasteiger partial charge in [0.25, 0.3) is 0 Å². The van der Waals surface area contributed by atoms with Crippen molar-refractivity contribution < 1.29 is 4.79 Å². The topological polar surface area (TPSA) is 59.8 Å². The number of amides is 1. The highest BCUT2D eigenvalue weighted by Gasteiger charge is 2.26. The van der Waals surface area contributed by atoms with E-state index in [4.69, 9.17) is 0 Å². The third-order valence-corrected chi connectivity index (χ3v) is 6.53. The number of hydrogen-bond donors (Lipinski definition) is 1. The number of nitrogens with zero attached hydrogens (tertiary/aromatic N) is 3. The summed E-state index contributed by atoms with van der Waals surface area (Å²) in [5.74, 6) is 0.993. The molecule has 2 heterocycles. The lowest BCUT2D eigenvalue weighted by molar-refractivity contribution is -0.115. The number of hydrogen-bond acceptors (Lipinski definition) is 4. The van der Waals surface area contributed by atoms with Crippen LogP contribution in [-0.4, -0.2) is 20.7 Å². The van der Waals surface area contributed by atoms with Crippen LogP contribution in [0, 0.1) is 13.8 Å². The Hall–Kier alpha value is -2.60. The van der Waals surface area contributed by atoms with Crippen molar-refractivity contribution in [3.05, 3.63) is 71.0 Å². The summed E-state index contributed by atoms with van der Waals surface area (Å²) in [5.41, 5.74) is 4.00. The van der Waals surface area contributed by atoms with Gasteiger partial charge in [-0.2, -0.15) is 0 Å². The molecule has 5 nitrogen and oxygen atoms in total. The van der Waals surface area contributed by atoms with Gasteiger partial charge in [-0.05, 0) is 49.4 Å². The number of rotatable bonds is 5. The van der Waals surface area contributed by atoms with Crippen LogP contribution in [0.15, 0.2) is 53.7 Å². The third kappa shape index (κ3) is 4.53. The van der Waals surface area contributed by atoms with Gasteiger partial charge in [0.2, 0.25) is 5.91 Å². The molecule has 6 heteroatoms. The van der Waals surface area contributed by atoms with E-state index in [-0.39, 0.29) is 5.91 Å². The molecule has 4 rings (SSSR count). The second-order valence-corrected chi connectivity index (χ2v) is 8.65. The quantitative estimate of drug-likeness (QED) is 0.599. The molecule has 0 fully saturated rings. The van der Waals surface area contributed by atoms with Gasteiger partial charge in [-0.3, -0.25) is 4.79 Å². The molecule has 2 aromatic carbocycles. The second-order valence-electron chi connectivity index (χ2n) is 7.58. The molecule has 1 aliphatic heterocycles. The fourth-order valence-corrected chi connectivity index (χ4v) is 4.70. The van der Waals surface area contributed by atoms with E-state index in [0.717, 1.165) is 59.2 Å². The van der Waals surface area contributed by atoms with Crippen LogP contribution in [0.2, 0.25) is 0 Å². The van der Waals surface area contributed by atoms with Crippen molar-refractivity contribution in [2.75, 3.05) is 5.32 Å². The summed E-state index contributed by atoms with van der Waals surface area (Å²) >= 11 is 1.49. The number of fused-ring (bicyclic) bond motifs is 1. The first-order valence-corrected chi connectivity index (χ1v) is 11.0. The van der Waals surface area contributed by atoms with Crippen LogP contribution in [-0.2, 0) is 17.8 Å². The molecular formula is C23H26N4OS. The van der Waals surface area contributed by atoms with Gasteiger partial charge in [0.1, 0.15) is 11.1 Å². The molecule has 0 spiro atoms. The van der Waals surface area contributed by atoms with E-state index >= 15 is 0 Å². The summed E-state index contributed by atoms with van der Waals surface area (Å²) < 4.78 is 2.19. The van der Waals surface area contributed by atoms with Crippen molar-refractivity contribution >= 4 is 23.4 Å². The average molecular weight is 407 g/mol. The Morgan fingerprint density at radius 3 is 2.72 bits per heavy atom. The summed E-state index contributed by atoms with van der Waals surface area (Å²) in [6, 6.07) is 16.0. The van der Waals surface area contributed by atoms with E-state index in [1.54, 1.807) is 0 Å². The lowest BCUT2D eigenvalue weighted by Gasteiger charge is -2.18. The molecule has 0 bridgehead atoms. The van der Waals surface area contributed by atoms with Crippen molar-refractivity contribution in [3.63, 3.8) is 0 Å². The van der Waals surface area contributed by atoms with Crippen LogP contribution >= 0.6 is 11.8 Å². The Balaban J connectivity index is 1.63. The summed E-state index contributed by atoms with van der Waals surface area (Å²) in [7, 11) is 0. The Labute approximate surface area is 175 Å². The minimum absolute atomic E-state index is 0.0409. The number of carbonyl (C=O) groups excluding carboxylic acids is 1. The van der Waals surface area contributed by atoms with Gasteiger partial charge in [-0.15, -0.1) is 10.2 Å². The van der Waals surface area contributed by atoms with E-state index in [2.05, 4.69) is 26.1 Å². The molecule has 1 N–H and O–H groups in total. The van der Waals surface area contributed by atoms with Gasteiger partial charge in [0.05, 0.1) is 0 Å². The van der Waals surface area contributed by atoms with Gasteiger partial charge in [0, 0.05) is 18.7 Å². The predicted molar refractivity (Wildman–Crippen MR) is 117 cm³/mol. The summed E-state index contributed by atoms with van der Waals surface area (Å²) in [6.45, 7) is 4.97. The lowest BCUT2D eigenvalue weighted by atomic mass is 10.1. The number of aromatic nitrogens is 3. The molecule has 150 valence electrons. The monoisotopic (exact) mass is 406 g/mol. The first kappa shape index (κ1) is 19.7. The summed E-state index contributed by atoms with van der Waals surface area (Å²) in [4.78, 5) is 13.3. The Kier molecular flexibility index (Phi) is 6.00. The van der Waals surface area contributed by atoms with Crippen LogP contribution in [0.3, 0.4) is 0 Å². The highest BCUT2D eigenvalue weighted by molar-refractivity contribution is 8.00. The van der Waals surface area contributed by atoms with Crippen molar-refractivity contribution in [1.29, 1.82) is 0 Å². The smallest absolute Gasteiger partial charge is 0.242 e. The van der Waals surface area contributed by atoms with Crippen LogP contribution in [0.4, 0.5) is 5.69 Å². The maximum atomic E-state index is 13.3. The number of anilines is 1. The van der Waals surface area contributed by atoms with Crippen molar-refractivity contribution in [2.45, 2.75) is 56.5 Å². The maximum Gasteiger partial charge on any atom is 0.242 e. The molecule has 0 saturated carbocycles. The van der Waals surface area contributed by atoms with Gasteiger partial charge in [-0.1, -0.05) is 60.6 Å². The largest absolute Gasteiger partial charge is 0.325 e. The zero-order chi connectivity index (χ0) is 20.2. The lowest BCUT2D eigenvalue weighted by Crippen LogP contribution is -2.20. The zero-order valence-corrected chi connectivity index (χ0v) is 17.7. The van der Waals surface area contributed by atoms with E-state index < -0.39 is 5.25 Å². The fourth-order valence-electron chi connectivity index (χ4n) is 3.62. The second kappa shape index (κ2) is 8.82. The first-order chi connectivity index (χ1) is 14.1. The highest BCUT2D eigenvalue weighted by atomic mass is 32.2. The number of benzene rings is 2. The van der Waals surface area contributed by atoms with Gasteiger partial charge in [0.15, 0.2) is 5.16 Å². The summed E-state index contributed by atoms with van der Waals surface area (Å²) in [6.07, 6.45) is 4.45. The predicted octanol–water partition coefficient (Wildman–Crippen LogP) is 5.09. The van der Waals surface area contributed by atoms with Crippen LogP contribution < -0.4 is 5.32 Å². The normalized spacial score (nSPS) is 14.7. The Morgan fingerprint density at radius 2 is 1.90 bits per heavy atom. The molecule has 1 aliphatic rings. The van der Waals surface area contributed by atoms with Crippen molar-refractivity contribution in [3.8, 4) is 0 Å². The average Bonchev–Trinajstić information content (AvgIpc) is 2.95. The van der Waals surface area contributed by atoms with Gasteiger partial charge >= 0.3 is 0 Å². The third-order valence-electron chi connectivity index (χ3n) is 5.29. The SMILES string of the molecule is Cc1ccc(C)c(NC(=O)[C@@H](Sc2nnc3n2CCCCC3)c2ccccc2)c1. The molecular weight excluding hydrogens is 380 g/mol. The minimum Gasteiger partial charge on any atom is -0.325 e. The molecule has 0 radical (unpaired) electrons. The molecule has 3 aromatic rings. The Bertz CT molecular complexity index is 999. The number of nitrogens with one attached hydrogen (secondary N) is 1. The van der Waals surface area contributed by atoms with Crippen LogP contribution in [0.5, 0.6) is 0 Å². The van der Waals surface area contributed by atoms with Crippen LogP contribution in [0.25, 0.3) is 0 Å². The van der Waals surface area contributed by atoms with E-state index in [0.29, 0.717) is 0 Å². The van der Waals surface area contributed by atoms with Gasteiger partial charge < -0.3 is 9.88 Å². The molecule has 29 heavy (non-hydrogen) atoms. The van der Waals surface area contributed by atoms with Crippen molar-refractivity contribution in [1.82, 2.24) is 14.8 Å². The molecule has 0 aliphatic carbocycles. The van der Waals surface area contributed by atoms with E-state index in [1.807, 2.05) is 56.3 Å². The first-order valence-electron chi connectivity index (χ1n) is 10.1. The molecule has 1 aromatic heterocycles. The molecule has 0 saturated heterocycles. The maximum absolute atomic E-state index is 13.3. The number of aryl methyl sites for hydroxylation is 3. The molecule has 1 amide bonds. The van der Waals surface area contributed by atoms with Crippen molar-refractivity contribution in [2.24, 2.45) is 0 Å². The Morgan fingerprint density at radius 1 is 1.07 bits per heavy atom. The molecule has 1 atom stereocenters. The zero-order valence-electron chi connectivity index (χ0n) is 16.9. The number of carbonyl (C=O) groups is 1. The summed E-state index contributed by atoms with van der Waals surface area (Å²) in [5, 5.41) is 12.4. The van der Waals surface area contributed by atoms with Gasteiger partial charge in [-0.25, -0.2) is 0 Å². The van der Waals surface area contributed by atoms with E-state index in [1.165, 1.54) is 18.2 Å². The fraction of sp³-hybridized carbons (Fsp3) is 0.348. The van der Waals surface area contributed by atoms with Crippen LogP contribution in [0.1, 0.15) is 47.0 Å². The highest BCUT2D eigenvalue weighted by Crippen LogP contribution is 2.36. The number of thioether (sulfide) groups is 1. The molecule has 0 unspecified atom stereocenters. The van der Waals surface area contributed by atoms with E-state index in [9.17, 15) is 4.79 Å². The standard InChI is InChI=1S/C23H26N4OS/c1-16-12-13-17(2)19(15-16)24-22(28)21(18-9-5-3-6-10-18)29-23-26-25-20-11-7-4-8-14-27(20)23/h3,5-6,9-10,12-13,15,21H,4,7-8,11,14H2,1-2H3,(H,24,28)/t21-/m0/s1.